The lowest BCUT2D eigenvalue weighted by Crippen LogP contribution is -2.31. The van der Waals surface area contributed by atoms with E-state index in [9.17, 15) is 14.9 Å². The minimum atomic E-state index is -0.415. The lowest BCUT2D eigenvalue weighted by molar-refractivity contribution is -0.384. The molecule has 20 heavy (non-hydrogen) atoms. The molecular formula is C14H21N3O3. The van der Waals surface area contributed by atoms with E-state index in [2.05, 4.69) is 5.32 Å². The second-order valence-corrected chi connectivity index (χ2v) is 4.47. The Morgan fingerprint density at radius 2 is 2.00 bits per heavy atom. The van der Waals surface area contributed by atoms with Gasteiger partial charge in [-0.15, -0.1) is 0 Å². The minimum Gasteiger partial charge on any atom is -0.379 e. The van der Waals surface area contributed by atoms with E-state index in [1.807, 2.05) is 26.8 Å². The van der Waals surface area contributed by atoms with Gasteiger partial charge in [-0.05, 0) is 26.3 Å². The quantitative estimate of drug-likeness (QED) is 0.615. The van der Waals surface area contributed by atoms with Crippen LogP contribution in [-0.2, 0) is 4.79 Å². The third-order valence-electron chi connectivity index (χ3n) is 3.20. The zero-order valence-electron chi connectivity index (χ0n) is 12.2. The summed E-state index contributed by atoms with van der Waals surface area (Å²) in [5.74, 6) is 0.0544. The average molecular weight is 279 g/mol. The first-order valence-corrected chi connectivity index (χ1v) is 6.76. The number of para-hydroxylation sites is 1. The summed E-state index contributed by atoms with van der Waals surface area (Å²) in [6.45, 7) is 7.42. The summed E-state index contributed by atoms with van der Waals surface area (Å²) in [6, 6.07) is 4.92. The van der Waals surface area contributed by atoms with Crippen molar-refractivity contribution in [3.05, 3.63) is 33.9 Å². The van der Waals surface area contributed by atoms with E-state index in [1.165, 1.54) is 6.07 Å². The Labute approximate surface area is 118 Å². The fourth-order valence-electron chi connectivity index (χ4n) is 2.06. The highest BCUT2D eigenvalue weighted by molar-refractivity contribution is 5.77. The molecule has 6 nitrogen and oxygen atoms in total. The van der Waals surface area contributed by atoms with Crippen LogP contribution in [0, 0.1) is 17.0 Å². The largest absolute Gasteiger partial charge is 0.379 e. The Morgan fingerprint density at radius 1 is 1.35 bits per heavy atom. The number of hydrogen-bond donors (Lipinski definition) is 1. The normalized spacial score (nSPS) is 10.2. The number of benzene rings is 1. The molecule has 0 aliphatic rings. The standard InChI is InChI=1S/C14H21N3O3/c1-4-16(5-2)13(18)9-10-15-14-11(3)7-6-8-12(14)17(19)20/h6-8,15H,4-5,9-10H2,1-3H3. The molecule has 6 heteroatoms. The van der Waals surface area contributed by atoms with Gasteiger partial charge in [0.05, 0.1) is 4.92 Å². The summed E-state index contributed by atoms with van der Waals surface area (Å²) < 4.78 is 0. The first-order chi connectivity index (χ1) is 9.51. The number of carbonyl (C=O) groups excluding carboxylic acids is 1. The maximum absolute atomic E-state index is 11.9. The van der Waals surface area contributed by atoms with Crippen molar-refractivity contribution in [2.24, 2.45) is 0 Å². The SMILES string of the molecule is CCN(CC)C(=O)CCNc1c(C)cccc1[N+](=O)[O-]. The molecule has 1 rings (SSSR count). The number of nitrogens with zero attached hydrogens (tertiary/aromatic N) is 2. The van der Waals surface area contributed by atoms with Crippen molar-refractivity contribution in [3.8, 4) is 0 Å². The van der Waals surface area contributed by atoms with Crippen LogP contribution in [0.1, 0.15) is 25.8 Å². The number of rotatable bonds is 7. The Balaban J connectivity index is 2.67. The number of carbonyl (C=O) groups is 1. The number of hydrogen-bond acceptors (Lipinski definition) is 4. The number of aryl methyl sites for hydroxylation is 1. The third-order valence-corrected chi connectivity index (χ3v) is 3.20. The number of nitro groups is 1. The number of nitrogens with one attached hydrogen (secondary N) is 1. The van der Waals surface area contributed by atoms with Crippen LogP contribution in [0.2, 0.25) is 0 Å². The van der Waals surface area contributed by atoms with E-state index < -0.39 is 4.92 Å². The van der Waals surface area contributed by atoms with Gasteiger partial charge in [-0.2, -0.15) is 0 Å². The topological polar surface area (TPSA) is 75.5 Å². The molecule has 0 fully saturated rings. The molecule has 0 saturated heterocycles. The molecule has 0 aromatic heterocycles. The maximum Gasteiger partial charge on any atom is 0.292 e. The van der Waals surface area contributed by atoms with Gasteiger partial charge in [0.25, 0.3) is 5.69 Å². The zero-order chi connectivity index (χ0) is 15.1. The van der Waals surface area contributed by atoms with Crippen molar-refractivity contribution in [3.63, 3.8) is 0 Å². The van der Waals surface area contributed by atoms with Gasteiger partial charge < -0.3 is 10.2 Å². The molecule has 1 N–H and O–H groups in total. The highest BCUT2D eigenvalue weighted by atomic mass is 16.6. The number of amides is 1. The van der Waals surface area contributed by atoms with Crippen molar-refractivity contribution >= 4 is 17.3 Å². The van der Waals surface area contributed by atoms with Crippen LogP contribution < -0.4 is 5.32 Å². The minimum absolute atomic E-state index is 0.0419. The van der Waals surface area contributed by atoms with Crippen molar-refractivity contribution in [2.75, 3.05) is 25.0 Å². The van der Waals surface area contributed by atoms with Gasteiger partial charge >= 0.3 is 0 Å². The van der Waals surface area contributed by atoms with Crippen molar-refractivity contribution < 1.29 is 9.72 Å². The predicted octanol–water partition coefficient (Wildman–Crippen LogP) is 2.57. The molecular weight excluding hydrogens is 258 g/mol. The molecule has 1 aromatic rings. The van der Waals surface area contributed by atoms with Crippen LogP contribution in [0.25, 0.3) is 0 Å². The van der Waals surface area contributed by atoms with Gasteiger partial charge in [-0.25, -0.2) is 0 Å². The number of anilines is 1. The molecule has 0 aliphatic heterocycles. The van der Waals surface area contributed by atoms with Gasteiger partial charge in [0.2, 0.25) is 5.91 Å². The monoisotopic (exact) mass is 279 g/mol. The van der Waals surface area contributed by atoms with Crippen LogP contribution >= 0.6 is 0 Å². The molecule has 110 valence electrons. The summed E-state index contributed by atoms with van der Waals surface area (Å²) in [4.78, 5) is 24.1. The van der Waals surface area contributed by atoms with E-state index in [4.69, 9.17) is 0 Å². The van der Waals surface area contributed by atoms with Gasteiger partial charge in [-0.1, -0.05) is 12.1 Å². The third kappa shape index (κ3) is 3.94. The first-order valence-electron chi connectivity index (χ1n) is 6.76. The summed E-state index contributed by atoms with van der Waals surface area (Å²) in [5.41, 5.74) is 1.33. The smallest absolute Gasteiger partial charge is 0.292 e. The van der Waals surface area contributed by atoms with Crippen LogP contribution in [0.3, 0.4) is 0 Å². The van der Waals surface area contributed by atoms with E-state index >= 15 is 0 Å². The summed E-state index contributed by atoms with van der Waals surface area (Å²) in [7, 11) is 0. The lowest BCUT2D eigenvalue weighted by Gasteiger charge is -2.19. The van der Waals surface area contributed by atoms with E-state index in [0.717, 1.165) is 5.56 Å². The predicted molar refractivity (Wildman–Crippen MR) is 78.9 cm³/mol. The summed E-state index contributed by atoms with van der Waals surface area (Å²) in [5, 5.41) is 14.0. The van der Waals surface area contributed by atoms with E-state index in [-0.39, 0.29) is 11.6 Å². The van der Waals surface area contributed by atoms with Gasteiger partial charge in [0.1, 0.15) is 5.69 Å². The second-order valence-electron chi connectivity index (χ2n) is 4.47. The highest BCUT2D eigenvalue weighted by Crippen LogP contribution is 2.27. The molecule has 0 radical (unpaired) electrons. The molecule has 0 unspecified atom stereocenters. The summed E-state index contributed by atoms with van der Waals surface area (Å²) >= 11 is 0. The van der Waals surface area contributed by atoms with Crippen molar-refractivity contribution in [1.29, 1.82) is 0 Å². The Kier molecular flexibility index (Phi) is 5.96. The van der Waals surface area contributed by atoms with Crippen LogP contribution in [0.15, 0.2) is 18.2 Å². The summed E-state index contributed by atoms with van der Waals surface area (Å²) in [6.07, 6.45) is 0.327. The Bertz CT molecular complexity index is 485. The van der Waals surface area contributed by atoms with E-state index in [0.29, 0.717) is 31.7 Å². The van der Waals surface area contributed by atoms with E-state index in [1.54, 1.807) is 11.0 Å². The van der Waals surface area contributed by atoms with Crippen molar-refractivity contribution in [1.82, 2.24) is 4.90 Å². The molecule has 0 atom stereocenters. The maximum atomic E-state index is 11.9. The molecule has 0 aliphatic carbocycles. The molecule has 1 aromatic carbocycles. The molecule has 0 heterocycles. The molecule has 0 saturated carbocycles. The van der Waals surface area contributed by atoms with Crippen LogP contribution in [-0.4, -0.2) is 35.4 Å². The van der Waals surface area contributed by atoms with Crippen molar-refractivity contribution in [2.45, 2.75) is 27.2 Å². The van der Waals surface area contributed by atoms with Crippen LogP contribution in [0.4, 0.5) is 11.4 Å². The zero-order valence-corrected chi connectivity index (χ0v) is 12.2. The first kappa shape index (κ1) is 15.9. The van der Waals surface area contributed by atoms with Gasteiger partial charge in [0, 0.05) is 32.1 Å². The molecule has 0 spiro atoms. The van der Waals surface area contributed by atoms with Crippen LogP contribution in [0.5, 0.6) is 0 Å². The van der Waals surface area contributed by atoms with Gasteiger partial charge in [0.15, 0.2) is 0 Å². The molecule has 0 bridgehead atoms. The fourth-order valence-corrected chi connectivity index (χ4v) is 2.06. The Morgan fingerprint density at radius 3 is 2.55 bits per heavy atom. The molecule has 1 amide bonds. The fraction of sp³-hybridized carbons (Fsp3) is 0.500. The second kappa shape index (κ2) is 7.47. The number of nitro benzene ring substituents is 1. The lowest BCUT2D eigenvalue weighted by atomic mass is 10.1. The van der Waals surface area contributed by atoms with Gasteiger partial charge in [-0.3, -0.25) is 14.9 Å². The Hall–Kier alpha value is -2.11. The highest BCUT2D eigenvalue weighted by Gasteiger charge is 2.16. The average Bonchev–Trinajstić information content (AvgIpc) is 2.41.